The summed E-state index contributed by atoms with van der Waals surface area (Å²) in [5.41, 5.74) is 1.55. The van der Waals surface area contributed by atoms with Gasteiger partial charge >= 0.3 is 5.97 Å². The monoisotopic (exact) mass is 268 g/mol. The molecule has 20 heavy (non-hydrogen) atoms. The Labute approximate surface area is 113 Å². The normalized spacial score (nSPS) is 10.7. The molecular weight excluding hydrogens is 259 g/mol. The number of pyridine rings is 2. The predicted molar refractivity (Wildman–Crippen MR) is 71.9 cm³/mol. The third-order valence-corrected chi connectivity index (χ3v) is 2.94. The first-order valence-corrected chi connectivity index (χ1v) is 5.90. The average Bonchev–Trinajstić information content (AvgIpc) is 2.46. The molecule has 0 aliphatic heterocycles. The molecule has 3 aromatic rings. The molecule has 0 fully saturated rings. The predicted octanol–water partition coefficient (Wildman–Crippen LogP) is 3.13. The smallest absolute Gasteiger partial charge is 0.336 e. The first-order chi connectivity index (χ1) is 9.65. The summed E-state index contributed by atoms with van der Waals surface area (Å²) < 4.78 is 12.9. The zero-order chi connectivity index (χ0) is 14.1. The van der Waals surface area contributed by atoms with E-state index in [0.29, 0.717) is 22.3 Å². The Hall–Kier alpha value is -2.82. The van der Waals surface area contributed by atoms with E-state index in [9.17, 15) is 14.3 Å². The van der Waals surface area contributed by atoms with Gasteiger partial charge in [-0.05, 0) is 24.3 Å². The van der Waals surface area contributed by atoms with Crippen LogP contribution in [0.4, 0.5) is 4.39 Å². The van der Waals surface area contributed by atoms with Crippen LogP contribution in [-0.2, 0) is 0 Å². The van der Waals surface area contributed by atoms with Crippen LogP contribution in [-0.4, -0.2) is 21.0 Å². The fourth-order valence-electron chi connectivity index (χ4n) is 2.01. The molecule has 0 spiro atoms. The van der Waals surface area contributed by atoms with Gasteiger partial charge in [-0.1, -0.05) is 18.2 Å². The highest BCUT2D eigenvalue weighted by molar-refractivity contribution is 6.03. The minimum Gasteiger partial charge on any atom is -0.478 e. The van der Waals surface area contributed by atoms with Crippen LogP contribution in [0.3, 0.4) is 0 Å². The van der Waals surface area contributed by atoms with Gasteiger partial charge in [0, 0.05) is 5.39 Å². The highest BCUT2D eigenvalue weighted by Crippen LogP contribution is 2.23. The van der Waals surface area contributed by atoms with Gasteiger partial charge in [-0.3, -0.25) is 4.98 Å². The number of para-hydroxylation sites is 1. The number of carbonyl (C=O) groups is 1. The van der Waals surface area contributed by atoms with Gasteiger partial charge < -0.3 is 5.11 Å². The largest absolute Gasteiger partial charge is 0.478 e. The van der Waals surface area contributed by atoms with E-state index in [-0.39, 0.29) is 5.56 Å². The van der Waals surface area contributed by atoms with Crippen LogP contribution in [0, 0.1) is 5.82 Å². The first-order valence-electron chi connectivity index (χ1n) is 5.90. The summed E-state index contributed by atoms with van der Waals surface area (Å²) in [6.07, 6.45) is 1.08. The van der Waals surface area contributed by atoms with Gasteiger partial charge in [0.2, 0.25) is 0 Å². The van der Waals surface area contributed by atoms with E-state index in [1.807, 2.05) is 0 Å². The highest BCUT2D eigenvalue weighted by Gasteiger charge is 2.13. The number of nitrogens with zero attached hydrogens (tertiary/aromatic N) is 2. The number of aromatic nitrogens is 2. The minimum absolute atomic E-state index is 0.150. The van der Waals surface area contributed by atoms with Crippen molar-refractivity contribution >= 4 is 16.9 Å². The van der Waals surface area contributed by atoms with Gasteiger partial charge in [0.05, 0.1) is 28.7 Å². The number of aromatic carboxylic acids is 1. The van der Waals surface area contributed by atoms with Gasteiger partial charge in [0.25, 0.3) is 0 Å². The Bertz CT molecular complexity index is 801. The summed E-state index contributed by atoms with van der Waals surface area (Å²) in [5, 5.41) is 9.85. The Morgan fingerprint density at radius 2 is 1.90 bits per heavy atom. The molecule has 2 aromatic heterocycles. The summed E-state index contributed by atoms with van der Waals surface area (Å²) in [7, 11) is 0. The molecule has 0 aliphatic rings. The van der Waals surface area contributed by atoms with E-state index in [1.54, 1.807) is 24.3 Å². The molecule has 0 aliphatic carbocycles. The maximum atomic E-state index is 12.9. The molecular formula is C15H9FN2O2. The lowest BCUT2D eigenvalue weighted by Crippen LogP contribution is -2.00. The summed E-state index contributed by atoms with van der Waals surface area (Å²) in [6.45, 7) is 0. The molecule has 0 amide bonds. The van der Waals surface area contributed by atoms with Crippen molar-refractivity contribution in [3.8, 4) is 11.4 Å². The van der Waals surface area contributed by atoms with Crippen LogP contribution in [0.1, 0.15) is 10.4 Å². The number of carboxylic acids is 1. The zero-order valence-corrected chi connectivity index (χ0v) is 10.2. The van der Waals surface area contributed by atoms with Gasteiger partial charge in [0.15, 0.2) is 0 Å². The molecule has 4 nitrogen and oxygen atoms in total. The lowest BCUT2D eigenvalue weighted by atomic mass is 10.1. The van der Waals surface area contributed by atoms with Crippen molar-refractivity contribution in [3.05, 3.63) is 60.0 Å². The van der Waals surface area contributed by atoms with Crippen LogP contribution >= 0.6 is 0 Å². The van der Waals surface area contributed by atoms with E-state index < -0.39 is 11.8 Å². The van der Waals surface area contributed by atoms with Crippen molar-refractivity contribution < 1.29 is 14.3 Å². The number of rotatable bonds is 2. The van der Waals surface area contributed by atoms with Crippen LogP contribution in [0.25, 0.3) is 22.3 Å². The highest BCUT2D eigenvalue weighted by atomic mass is 19.1. The van der Waals surface area contributed by atoms with Gasteiger partial charge in [-0.2, -0.15) is 0 Å². The Morgan fingerprint density at radius 3 is 2.60 bits per heavy atom. The molecule has 5 heteroatoms. The van der Waals surface area contributed by atoms with Gasteiger partial charge in [-0.15, -0.1) is 0 Å². The van der Waals surface area contributed by atoms with E-state index >= 15 is 0 Å². The summed E-state index contributed by atoms with van der Waals surface area (Å²) in [4.78, 5) is 19.6. The standard InChI is InChI=1S/C15H9FN2O2/c16-9-5-6-13(17-8-9)14-7-11(15(19)20)10-3-1-2-4-12(10)18-14/h1-8H,(H,19,20). The van der Waals surface area contributed by atoms with Crippen molar-refractivity contribution in [2.24, 2.45) is 0 Å². The maximum absolute atomic E-state index is 12.9. The molecule has 2 heterocycles. The fraction of sp³-hybridized carbons (Fsp3) is 0. The second-order valence-electron chi connectivity index (χ2n) is 4.24. The number of hydrogen-bond donors (Lipinski definition) is 1. The van der Waals surface area contributed by atoms with E-state index in [4.69, 9.17) is 0 Å². The second kappa shape index (κ2) is 4.70. The van der Waals surface area contributed by atoms with Crippen molar-refractivity contribution in [2.45, 2.75) is 0 Å². The first kappa shape index (κ1) is 12.2. The summed E-state index contributed by atoms with van der Waals surface area (Å²) >= 11 is 0. The molecule has 98 valence electrons. The SMILES string of the molecule is O=C(O)c1cc(-c2ccc(F)cn2)nc2ccccc12. The molecule has 0 atom stereocenters. The Kier molecular flexibility index (Phi) is 2.87. The number of halogens is 1. The van der Waals surface area contributed by atoms with Crippen molar-refractivity contribution in [1.29, 1.82) is 0 Å². The average molecular weight is 268 g/mol. The molecule has 1 aromatic carbocycles. The summed E-state index contributed by atoms with van der Waals surface area (Å²) in [6, 6.07) is 11.2. The van der Waals surface area contributed by atoms with Gasteiger partial charge in [0.1, 0.15) is 5.82 Å². The number of carboxylic acid groups (broad SMARTS) is 1. The minimum atomic E-state index is -1.04. The molecule has 0 saturated carbocycles. The van der Waals surface area contributed by atoms with Crippen LogP contribution in [0.2, 0.25) is 0 Å². The fourth-order valence-corrected chi connectivity index (χ4v) is 2.01. The van der Waals surface area contributed by atoms with Crippen molar-refractivity contribution in [1.82, 2.24) is 9.97 Å². The number of fused-ring (bicyclic) bond motifs is 1. The molecule has 0 saturated heterocycles. The van der Waals surface area contributed by atoms with Crippen LogP contribution < -0.4 is 0 Å². The van der Waals surface area contributed by atoms with E-state index in [2.05, 4.69) is 9.97 Å². The second-order valence-corrected chi connectivity index (χ2v) is 4.24. The lowest BCUT2D eigenvalue weighted by molar-refractivity contribution is 0.0699. The molecule has 0 unspecified atom stereocenters. The van der Waals surface area contributed by atoms with Crippen LogP contribution in [0.15, 0.2) is 48.7 Å². The van der Waals surface area contributed by atoms with Crippen LogP contribution in [0.5, 0.6) is 0 Å². The van der Waals surface area contributed by atoms with Crippen molar-refractivity contribution in [3.63, 3.8) is 0 Å². The molecule has 0 bridgehead atoms. The molecule has 3 rings (SSSR count). The van der Waals surface area contributed by atoms with Gasteiger partial charge in [-0.25, -0.2) is 14.2 Å². The summed E-state index contributed by atoms with van der Waals surface area (Å²) in [5.74, 6) is -1.49. The molecule has 1 N–H and O–H groups in total. The zero-order valence-electron chi connectivity index (χ0n) is 10.2. The van der Waals surface area contributed by atoms with Crippen molar-refractivity contribution in [2.75, 3.05) is 0 Å². The Morgan fingerprint density at radius 1 is 1.10 bits per heavy atom. The third-order valence-electron chi connectivity index (χ3n) is 2.94. The van der Waals surface area contributed by atoms with E-state index in [1.165, 1.54) is 18.2 Å². The molecule has 0 radical (unpaired) electrons. The quantitative estimate of drug-likeness (QED) is 0.775. The Balaban J connectivity index is 2.27. The maximum Gasteiger partial charge on any atom is 0.336 e. The topological polar surface area (TPSA) is 63.1 Å². The lowest BCUT2D eigenvalue weighted by Gasteiger charge is -2.06. The van der Waals surface area contributed by atoms with E-state index in [0.717, 1.165) is 6.20 Å². The number of hydrogen-bond acceptors (Lipinski definition) is 3. The number of benzene rings is 1. The third kappa shape index (κ3) is 2.09.